The Morgan fingerprint density at radius 3 is 2.33 bits per heavy atom. The summed E-state index contributed by atoms with van der Waals surface area (Å²) >= 11 is 1.64. The van der Waals surface area contributed by atoms with Crippen molar-refractivity contribution in [2.45, 2.75) is 32.1 Å². The van der Waals surface area contributed by atoms with Crippen LogP contribution in [0.3, 0.4) is 0 Å². The predicted octanol–water partition coefficient (Wildman–Crippen LogP) is 6.27. The lowest BCUT2D eigenvalue weighted by atomic mass is 10.0. The van der Waals surface area contributed by atoms with Gasteiger partial charge in [-0.15, -0.1) is 11.3 Å². The maximum Gasteiger partial charge on any atom is 0.261 e. The molecular weight excluding hydrogens is 412 g/mol. The molecule has 4 rings (SSSR count). The summed E-state index contributed by atoms with van der Waals surface area (Å²) in [5, 5.41) is 0.922. The van der Waals surface area contributed by atoms with Crippen LogP contribution in [0.1, 0.15) is 25.0 Å². The van der Waals surface area contributed by atoms with Gasteiger partial charge in [-0.2, -0.15) is 0 Å². The summed E-state index contributed by atoms with van der Waals surface area (Å²) in [5.41, 5.74) is 4.82. The fourth-order valence-corrected chi connectivity index (χ4v) is 5.45. The molecule has 154 valence electrons. The minimum Gasteiger partial charge on any atom is -0.280 e. The van der Waals surface area contributed by atoms with Gasteiger partial charge in [0.05, 0.1) is 15.1 Å². The molecule has 6 heteroatoms. The van der Waals surface area contributed by atoms with Crippen molar-refractivity contribution < 1.29 is 8.42 Å². The average Bonchev–Trinajstić information content (AvgIpc) is 3.11. The van der Waals surface area contributed by atoms with Gasteiger partial charge in [0, 0.05) is 11.3 Å². The summed E-state index contributed by atoms with van der Waals surface area (Å²) in [4.78, 5) is 4.95. The molecule has 0 spiro atoms. The van der Waals surface area contributed by atoms with Crippen LogP contribution in [-0.4, -0.2) is 13.4 Å². The number of nitrogens with one attached hydrogen (secondary N) is 1. The van der Waals surface area contributed by atoms with Gasteiger partial charge in [0.1, 0.15) is 5.01 Å². The molecule has 4 aromatic rings. The Bertz CT molecular complexity index is 1270. The molecule has 0 bridgehead atoms. The molecule has 4 nitrogen and oxygen atoms in total. The molecule has 1 aromatic heterocycles. The third kappa shape index (κ3) is 4.55. The van der Waals surface area contributed by atoms with E-state index in [1.807, 2.05) is 30.3 Å². The highest BCUT2D eigenvalue weighted by Gasteiger charge is 2.15. The van der Waals surface area contributed by atoms with Crippen LogP contribution in [0.4, 0.5) is 5.69 Å². The normalized spacial score (nSPS) is 11.9. The predicted molar refractivity (Wildman–Crippen MR) is 126 cm³/mol. The Hall–Kier alpha value is -2.70. The lowest BCUT2D eigenvalue weighted by Crippen LogP contribution is -2.13. The van der Waals surface area contributed by atoms with Gasteiger partial charge in [-0.05, 0) is 78.9 Å². The number of thiazole rings is 1. The quantitative estimate of drug-likeness (QED) is 0.387. The highest BCUT2D eigenvalue weighted by molar-refractivity contribution is 7.92. The van der Waals surface area contributed by atoms with Gasteiger partial charge in [0.15, 0.2) is 0 Å². The van der Waals surface area contributed by atoms with Crippen molar-refractivity contribution in [3.63, 3.8) is 0 Å². The molecule has 3 aromatic carbocycles. The van der Waals surface area contributed by atoms with E-state index in [0.29, 0.717) is 11.6 Å². The first-order valence-corrected chi connectivity index (χ1v) is 12.2. The maximum atomic E-state index is 12.7. The van der Waals surface area contributed by atoms with Crippen LogP contribution in [-0.2, 0) is 16.4 Å². The van der Waals surface area contributed by atoms with E-state index in [-0.39, 0.29) is 4.90 Å². The highest BCUT2D eigenvalue weighted by atomic mass is 32.2. The highest BCUT2D eigenvalue weighted by Crippen LogP contribution is 2.31. The molecule has 0 atom stereocenters. The van der Waals surface area contributed by atoms with E-state index >= 15 is 0 Å². The lowest BCUT2D eigenvalue weighted by molar-refractivity contribution is 0.601. The molecule has 0 aliphatic rings. The number of hydrogen-bond acceptors (Lipinski definition) is 4. The summed E-state index contributed by atoms with van der Waals surface area (Å²) in [6, 6.07) is 20.6. The standard InChI is InChI=1S/C24H24N2O2S2/c1-16(2)14-18-5-11-21(12-6-18)30(27,28)26-20-9-7-19(8-10-20)24-25-22-13-4-17(3)15-23(22)29-24/h4-13,15-16,26H,14H2,1-3H3. The van der Waals surface area contributed by atoms with Gasteiger partial charge in [-0.3, -0.25) is 4.72 Å². The van der Waals surface area contributed by atoms with E-state index in [4.69, 9.17) is 0 Å². The van der Waals surface area contributed by atoms with E-state index in [1.54, 1.807) is 35.6 Å². The van der Waals surface area contributed by atoms with Crippen LogP contribution >= 0.6 is 11.3 Å². The van der Waals surface area contributed by atoms with Crippen LogP contribution in [0.5, 0.6) is 0 Å². The Labute approximate surface area is 181 Å². The monoisotopic (exact) mass is 436 g/mol. The van der Waals surface area contributed by atoms with E-state index in [0.717, 1.165) is 32.8 Å². The second-order valence-electron chi connectivity index (χ2n) is 7.91. The zero-order valence-electron chi connectivity index (χ0n) is 17.2. The second kappa shape index (κ2) is 8.20. The smallest absolute Gasteiger partial charge is 0.261 e. The SMILES string of the molecule is Cc1ccc2nc(-c3ccc(NS(=O)(=O)c4ccc(CC(C)C)cc4)cc3)sc2c1. The van der Waals surface area contributed by atoms with Gasteiger partial charge < -0.3 is 0 Å². The fraction of sp³-hybridized carbons (Fsp3) is 0.208. The van der Waals surface area contributed by atoms with Crippen molar-refractivity contribution in [1.29, 1.82) is 0 Å². The number of fused-ring (bicyclic) bond motifs is 1. The van der Waals surface area contributed by atoms with E-state index in [2.05, 4.69) is 42.6 Å². The average molecular weight is 437 g/mol. The Kier molecular flexibility index (Phi) is 5.62. The molecule has 0 radical (unpaired) electrons. The topological polar surface area (TPSA) is 59.1 Å². The minimum atomic E-state index is -3.62. The first-order chi connectivity index (χ1) is 14.3. The number of aromatic nitrogens is 1. The third-order valence-corrected chi connectivity index (χ3v) is 7.27. The van der Waals surface area contributed by atoms with E-state index in [1.165, 1.54) is 5.56 Å². The molecular formula is C24H24N2O2S2. The summed E-state index contributed by atoms with van der Waals surface area (Å²) in [6.07, 6.45) is 0.931. The zero-order chi connectivity index (χ0) is 21.3. The molecule has 0 saturated carbocycles. The largest absolute Gasteiger partial charge is 0.280 e. The van der Waals surface area contributed by atoms with Crippen molar-refractivity contribution in [2.24, 2.45) is 5.92 Å². The molecule has 0 aliphatic heterocycles. The van der Waals surface area contributed by atoms with Crippen LogP contribution in [0.25, 0.3) is 20.8 Å². The van der Waals surface area contributed by atoms with Gasteiger partial charge in [0.2, 0.25) is 0 Å². The lowest BCUT2D eigenvalue weighted by Gasteiger charge is -2.10. The first-order valence-electron chi connectivity index (χ1n) is 9.89. The van der Waals surface area contributed by atoms with E-state index < -0.39 is 10.0 Å². The maximum absolute atomic E-state index is 12.7. The molecule has 0 fully saturated rings. The van der Waals surface area contributed by atoms with Crippen molar-refractivity contribution in [3.05, 3.63) is 77.9 Å². The zero-order valence-corrected chi connectivity index (χ0v) is 18.8. The third-order valence-electron chi connectivity index (χ3n) is 4.81. The number of nitrogens with zero attached hydrogens (tertiary/aromatic N) is 1. The Morgan fingerprint density at radius 1 is 0.967 bits per heavy atom. The van der Waals surface area contributed by atoms with E-state index in [9.17, 15) is 8.42 Å². The Morgan fingerprint density at radius 2 is 1.67 bits per heavy atom. The second-order valence-corrected chi connectivity index (χ2v) is 10.6. The van der Waals surface area contributed by atoms with Crippen molar-refractivity contribution in [2.75, 3.05) is 4.72 Å². The minimum absolute atomic E-state index is 0.264. The molecule has 0 amide bonds. The van der Waals surface area contributed by atoms with Crippen LogP contribution < -0.4 is 4.72 Å². The van der Waals surface area contributed by atoms with Gasteiger partial charge >= 0.3 is 0 Å². The molecule has 0 aliphatic carbocycles. The summed E-state index contributed by atoms with van der Waals surface area (Å²) in [6.45, 7) is 6.36. The van der Waals surface area contributed by atoms with Crippen molar-refractivity contribution in [1.82, 2.24) is 4.98 Å². The summed E-state index contributed by atoms with van der Waals surface area (Å²) in [5.74, 6) is 0.531. The molecule has 1 N–H and O–H groups in total. The van der Waals surface area contributed by atoms with Crippen molar-refractivity contribution in [3.8, 4) is 10.6 Å². The molecule has 0 saturated heterocycles. The van der Waals surface area contributed by atoms with Crippen LogP contribution in [0.15, 0.2) is 71.6 Å². The number of benzene rings is 3. The molecule has 0 unspecified atom stereocenters. The number of rotatable bonds is 6. The Balaban J connectivity index is 1.52. The van der Waals surface area contributed by atoms with Crippen molar-refractivity contribution >= 4 is 37.3 Å². The van der Waals surface area contributed by atoms with Gasteiger partial charge in [0.25, 0.3) is 10.0 Å². The fourth-order valence-electron chi connectivity index (χ4n) is 3.33. The number of hydrogen-bond donors (Lipinski definition) is 1. The van der Waals surface area contributed by atoms with Crippen LogP contribution in [0.2, 0.25) is 0 Å². The molecule has 30 heavy (non-hydrogen) atoms. The van der Waals surface area contributed by atoms with Gasteiger partial charge in [-0.1, -0.05) is 32.0 Å². The summed E-state index contributed by atoms with van der Waals surface area (Å²) < 4.78 is 29.2. The first kappa shape index (κ1) is 20.6. The number of anilines is 1. The van der Waals surface area contributed by atoms with Crippen LogP contribution in [0, 0.1) is 12.8 Å². The number of sulfonamides is 1. The number of aryl methyl sites for hydroxylation is 1. The van der Waals surface area contributed by atoms with Gasteiger partial charge in [-0.25, -0.2) is 13.4 Å². The summed E-state index contributed by atoms with van der Waals surface area (Å²) in [7, 11) is -3.62. The molecule has 1 heterocycles.